The second kappa shape index (κ2) is 6.23. The lowest BCUT2D eigenvalue weighted by atomic mass is 9.75. The highest BCUT2D eigenvalue weighted by molar-refractivity contribution is 6.26. The molecule has 1 spiro atoms. The molecule has 4 atom stereocenters. The first kappa shape index (κ1) is 19.1. The van der Waals surface area contributed by atoms with Crippen molar-refractivity contribution in [2.75, 3.05) is 16.8 Å². The van der Waals surface area contributed by atoms with Gasteiger partial charge in [0.05, 0.1) is 28.0 Å². The summed E-state index contributed by atoms with van der Waals surface area (Å²) in [4.78, 5) is 55.2. The first-order chi connectivity index (χ1) is 15.4. The smallest absolute Gasteiger partial charge is 0.274 e. The van der Waals surface area contributed by atoms with Gasteiger partial charge in [-0.1, -0.05) is 24.3 Å². The second-order valence-corrected chi connectivity index (χ2v) is 8.86. The van der Waals surface area contributed by atoms with E-state index in [1.807, 2.05) is 24.3 Å². The van der Waals surface area contributed by atoms with Gasteiger partial charge in [-0.05, 0) is 38.4 Å². The third kappa shape index (κ3) is 2.04. The van der Waals surface area contributed by atoms with E-state index in [1.54, 1.807) is 6.07 Å². The van der Waals surface area contributed by atoms with Gasteiger partial charge in [0.15, 0.2) is 0 Å². The normalized spacial score (nSPS) is 30.6. The molecule has 4 aliphatic heterocycles. The third-order valence-electron chi connectivity index (χ3n) is 7.61. The minimum atomic E-state index is -1.24. The largest absolute Gasteiger partial charge is 0.324 e. The molecule has 0 radical (unpaired) electrons. The minimum absolute atomic E-state index is 0.152. The standard InChI is InChI=1S/C23H20N4O5/c1-12-15(8-4-9-16(12)27(31)32)26-20(28)18-17-10-5-11-25(17)23(19(18)21(26)29)13-6-2-3-7-14(13)24-22(23)30/h2-4,6-9,17-19H,5,10-11H2,1H3,(H,24,30)/t17-,18+,19-,23-/m0/s1. The molecule has 3 fully saturated rings. The predicted molar refractivity (Wildman–Crippen MR) is 114 cm³/mol. The van der Waals surface area contributed by atoms with Crippen LogP contribution in [0.15, 0.2) is 42.5 Å². The van der Waals surface area contributed by atoms with Crippen LogP contribution in [-0.2, 0) is 19.9 Å². The zero-order valence-corrected chi connectivity index (χ0v) is 17.3. The summed E-state index contributed by atoms with van der Waals surface area (Å²) in [6.07, 6.45) is 1.56. The third-order valence-corrected chi connectivity index (χ3v) is 7.61. The number of fused-ring (bicyclic) bond motifs is 7. The zero-order chi connectivity index (χ0) is 22.4. The van der Waals surface area contributed by atoms with Crippen LogP contribution in [0.1, 0.15) is 24.0 Å². The Morgan fingerprint density at radius 1 is 1.09 bits per heavy atom. The number of benzene rings is 2. The monoisotopic (exact) mass is 432 g/mol. The van der Waals surface area contributed by atoms with Crippen molar-refractivity contribution in [2.24, 2.45) is 11.8 Å². The van der Waals surface area contributed by atoms with Crippen molar-refractivity contribution in [3.05, 3.63) is 63.7 Å². The first-order valence-electron chi connectivity index (χ1n) is 10.7. The number of nitro benzene ring substituents is 1. The molecule has 0 aliphatic carbocycles. The summed E-state index contributed by atoms with van der Waals surface area (Å²) >= 11 is 0. The number of hydrogen-bond acceptors (Lipinski definition) is 6. The molecular formula is C23H20N4O5. The van der Waals surface area contributed by atoms with Crippen molar-refractivity contribution in [1.29, 1.82) is 0 Å². The highest BCUT2D eigenvalue weighted by Gasteiger charge is 2.74. The number of nitro groups is 1. The molecule has 0 bridgehead atoms. The van der Waals surface area contributed by atoms with Crippen LogP contribution in [0.2, 0.25) is 0 Å². The Morgan fingerprint density at radius 3 is 2.66 bits per heavy atom. The van der Waals surface area contributed by atoms with Gasteiger partial charge in [0.25, 0.3) is 5.69 Å². The fourth-order valence-corrected chi connectivity index (χ4v) is 6.45. The van der Waals surface area contributed by atoms with E-state index in [0.29, 0.717) is 12.2 Å². The Labute approximate surface area is 183 Å². The molecule has 0 saturated carbocycles. The Morgan fingerprint density at radius 2 is 1.88 bits per heavy atom. The Hall–Kier alpha value is -3.59. The molecule has 1 N–H and O–H groups in total. The van der Waals surface area contributed by atoms with Crippen LogP contribution in [0.3, 0.4) is 0 Å². The van der Waals surface area contributed by atoms with Gasteiger partial charge in [0.2, 0.25) is 17.7 Å². The molecule has 0 aromatic heterocycles. The number of para-hydroxylation sites is 1. The van der Waals surface area contributed by atoms with Crippen molar-refractivity contribution in [3.8, 4) is 0 Å². The van der Waals surface area contributed by atoms with Crippen LogP contribution in [-0.4, -0.2) is 40.1 Å². The predicted octanol–water partition coefficient (Wildman–Crippen LogP) is 2.33. The second-order valence-electron chi connectivity index (χ2n) is 8.86. The summed E-state index contributed by atoms with van der Waals surface area (Å²) in [5, 5.41) is 14.4. The van der Waals surface area contributed by atoms with E-state index in [1.165, 1.54) is 19.1 Å². The van der Waals surface area contributed by atoms with Gasteiger partial charge < -0.3 is 5.32 Å². The van der Waals surface area contributed by atoms with Crippen LogP contribution in [0.4, 0.5) is 17.1 Å². The average Bonchev–Trinajstić information content (AvgIpc) is 3.47. The van der Waals surface area contributed by atoms with E-state index in [0.717, 1.165) is 23.3 Å². The minimum Gasteiger partial charge on any atom is -0.324 e. The fraction of sp³-hybridized carbons (Fsp3) is 0.348. The molecule has 9 nitrogen and oxygen atoms in total. The summed E-state index contributed by atoms with van der Waals surface area (Å²) in [7, 11) is 0. The zero-order valence-electron chi connectivity index (χ0n) is 17.3. The molecular weight excluding hydrogens is 412 g/mol. The number of amides is 3. The summed E-state index contributed by atoms with van der Waals surface area (Å²) in [5.74, 6) is -2.67. The molecule has 0 unspecified atom stereocenters. The Kier molecular flexibility index (Phi) is 3.72. The van der Waals surface area contributed by atoms with Crippen molar-refractivity contribution in [3.63, 3.8) is 0 Å². The lowest BCUT2D eigenvalue weighted by Gasteiger charge is -2.36. The number of hydrogen-bond donors (Lipinski definition) is 1. The summed E-state index contributed by atoms with van der Waals surface area (Å²) in [5.41, 5.74) is 0.472. The van der Waals surface area contributed by atoms with Crippen LogP contribution in [0.5, 0.6) is 0 Å². The van der Waals surface area contributed by atoms with Gasteiger partial charge in [-0.3, -0.25) is 29.4 Å². The van der Waals surface area contributed by atoms with Gasteiger partial charge in [0.1, 0.15) is 5.54 Å². The number of nitrogens with one attached hydrogen (secondary N) is 1. The van der Waals surface area contributed by atoms with Crippen LogP contribution >= 0.6 is 0 Å². The SMILES string of the molecule is Cc1c(N2C(=O)[C@H]3[C@@H](C2=O)[C@@]2(C(=O)Nc4ccccc42)N2CCC[C@@H]32)cccc1[N+](=O)[O-]. The van der Waals surface area contributed by atoms with Gasteiger partial charge in [-0.15, -0.1) is 0 Å². The van der Waals surface area contributed by atoms with Gasteiger partial charge in [0, 0.05) is 23.4 Å². The van der Waals surface area contributed by atoms with Crippen LogP contribution in [0.25, 0.3) is 0 Å². The highest BCUT2D eigenvalue weighted by atomic mass is 16.6. The van der Waals surface area contributed by atoms with Gasteiger partial charge >= 0.3 is 0 Å². The average molecular weight is 432 g/mol. The lowest BCUT2D eigenvalue weighted by Crippen LogP contribution is -2.54. The van der Waals surface area contributed by atoms with E-state index < -0.39 is 28.2 Å². The van der Waals surface area contributed by atoms with Crippen molar-refractivity contribution in [1.82, 2.24) is 4.90 Å². The molecule has 3 amide bonds. The van der Waals surface area contributed by atoms with E-state index in [4.69, 9.17) is 0 Å². The molecule has 9 heteroatoms. The highest BCUT2D eigenvalue weighted by Crippen LogP contribution is 2.60. The van der Waals surface area contributed by atoms with Gasteiger partial charge in [-0.25, -0.2) is 4.90 Å². The van der Waals surface area contributed by atoms with Crippen molar-refractivity contribution >= 4 is 34.8 Å². The van der Waals surface area contributed by atoms with E-state index >= 15 is 0 Å². The number of carbonyl (C=O) groups is 3. The maximum Gasteiger partial charge on any atom is 0.274 e. The fourth-order valence-electron chi connectivity index (χ4n) is 6.45. The van der Waals surface area contributed by atoms with Crippen LogP contribution in [0, 0.1) is 28.9 Å². The van der Waals surface area contributed by atoms with Crippen molar-refractivity contribution in [2.45, 2.75) is 31.3 Å². The molecule has 2 aromatic carbocycles. The molecule has 6 rings (SSSR count). The molecule has 4 heterocycles. The molecule has 3 saturated heterocycles. The number of nitrogens with zero attached hydrogens (tertiary/aromatic N) is 3. The maximum absolute atomic E-state index is 13.9. The number of rotatable bonds is 2. The molecule has 2 aromatic rings. The topological polar surface area (TPSA) is 113 Å². The van der Waals surface area contributed by atoms with Crippen molar-refractivity contribution < 1.29 is 19.3 Å². The first-order valence-corrected chi connectivity index (χ1v) is 10.7. The molecule has 162 valence electrons. The van der Waals surface area contributed by atoms with Gasteiger partial charge in [-0.2, -0.15) is 0 Å². The maximum atomic E-state index is 13.9. The molecule has 32 heavy (non-hydrogen) atoms. The molecule has 4 aliphatic rings. The lowest BCUT2D eigenvalue weighted by molar-refractivity contribution is -0.385. The summed E-state index contributed by atoms with van der Waals surface area (Å²) < 4.78 is 0. The quantitative estimate of drug-likeness (QED) is 0.443. The van der Waals surface area contributed by atoms with E-state index in [9.17, 15) is 24.5 Å². The Balaban J connectivity index is 1.55. The Bertz CT molecular complexity index is 1240. The number of carbonyl (C=O) groups excluding carboxylic acids is 3. The van der Waals surface area contributed by atoms with Crippen LogP contribution < -0.4 is 10.2 Å². The summed E-state index contributed by atoms with van der Waals surface area (Å²) in [6, 6.07) is 11.5. The van der Waals surface area contributed by atoms with E-state index in [2.05, 4.69) is 10.2 Å². The number of anilines is 2. The van der Waals surface area contributed by atoms with E-state index in [-0.39, 0.29) is 34.8 Å². The number of imide groups is 1. The summed E-state index contributed by atoms with van der Waals surface area (Å²) in [6.45, 7) is 2.17.